The van der Waals surface area contributed by atoms with Crippen LogP contribution in [0.15, 0.2) is 59.6 Å². The van der Waals surface area contributed by atoms with E-state index in [9.17, 15) is 10.1 Å². The number of anilines is 1. The van der Waals surface area contributed by atoms with Gasteiger partial charge in [-0.3, -0.25) is 15.1 Å². The van der Waals surface area contributed by atoms with Crippen LogP contribution in [0, 0.1) is 10.1 Å². The highest BCUT2D eigenvalue weighted by Gasteiger charge is 2.11. The number of rotatable bonds is 8. The summed E-state index contributed by atoms with van der Waals surface area (Å²) in [5, 5.41) is 20.5. The number of hydrogen-bond donors (Lipinski definition) is 3. The van der Waals surface area contributed by atoms with E-state index in [4.69, 9.17) is 0 Å². The second kappa shape index (κ2) is 9.92. The first-order chi connectivity index (χ1) is 12.2. The maximum Gasteiger partial charge on any atom is 0.292 e. The number of hydrogen-bond acceptors (Lipinski definition) is 4. The molecule has 0 aliphatic heterocycles. The van der Waals surface area contributed by atoms with Crippen molar-refractivity contribution in [2.24, 2.45) is 4.99 Å². The zero-order chi connectivity index (χ0) is 17.9. The van der Waals surface area contributed by atoms with E-state index in [1.807, 2.05) is 18.2 Å². The van der Waals surface area contributed by atoms with Crippen LogP contribution in [0.25, 0.3) is 0 Å². The van der Waals surface area contributed by atoms with E-state index in [0.29, 0.717) is 24.7 Å². The van der Waals surface area contributed by atoms with Crippen molar-refractivity contribution in [1.29, 1.82) is 0 Å². The fraction of sp³-hybridized carbons (Fsp3) is 0.278. The molecular weight excluding hydrogens is 318 g/mol. The highest BCUT2D eigenvalue weighted by molar-refractivity contribution is 5.79. The van der Waals surface area contributed by atoms with Crippen LogP contribution in [0.3, 0.4) is 0 Å². The molecule has 0 atom stereocenters. The van der Waals surface area contributed by atoms with E-state index >= 15 is 0 Å². The van der Waals surface area contributed by atoms with Crippen LogP contribution < -0.4 is 16.0 Å². The molecule has 0 aliphatic carbocycles. The summed E-state index contributed by atoms with van der Waals surface area (Å²) in [6.45, 7) is 1.92. The number of benzene rings is 2. The third-order valence-electron chi connectivity index (χ3n) is 3.61. The molecule has 132 valence electrons. The second-order valence-electron chi connectivity index (χ2n) is 5.36. The van der Waals surface area contributed by atoms with Crippen molar-refractivity contribution in [2.75, 3.05) is 32.0 Å². The summed E-state index contributed by atoms with van der Waals surface area (Å²) in [4.78, 5) is 14.7. The van der Waals surface area contributed by atoms with Gasteiger partial charge in [-0.2, -0.15) is 0 Å². The summed E-state index contributed by atoms with van der Waals surface area (Å²) >= 11 is 0. The molecule has 0 amide bonds. The van der Waals surface area contributed by atoms with E-state index < -0.39 is 0 Å². The van der Waals surface area contributed by atoms with Gasteiger partial charge in [-0.1, -0.05) is 42.5 Å². The molecule has 0 aromatic heterocycles. The SMILES string of the molecule is CN=C(NCCNc1ccccc1[N+](=O)[O-])NCCc1ccccc1. The zero-order valence-electron chi connectivity index (χ0n) is 14.2. The number of aliphatic imine (C=N–C) groups is 1. The smallest absolute Gasteiger partial charge is 0.292 e. The summed E-state index contributed by atoms with van der Waals surface area (Å²) in [6.07, 6.45) is 0.913. The Kier molecular flexibility index (Phi) is 7.24. The van der Waals surface area contributed by atoms with Gasteiger partial charge in [0.05, 0.1) is 4.92 Å². The summed E-state index contributed by atoms with van der Waals surface area (Å²) < 4.78 is 0. The lowest BCUT2D eigenvalue weighted by Crippen LogP contribution is -2.40. The van der Waals surface area contributed by atoms with Gasteiger partial charge >= 0.3 is 0 Å². The molecule has 7 nitrogen and oxygen atoms in total. The fourth-order valence-electron chi connectivity index (χ4n) is 2.35. The summed E-state index contributed by atoms with van der Waals surface area (Å²) in [5.74, 6) is 0.709. The van der Waals surface area contributed by atoms with E-state index in [1.54, 1.807) is 25.2 Å². The van der Waals surface area contributed by atoms with Crippen molar-refractivity contribution >= 4 is 17.3 Å². The molecule has 0 saturated carbocycles. The number of nitro benzene ring substituents is 1. The minimum atomic E-state index is -0.389. The number of nitrogens with zero attached hydrogens (tertiary/aromatic N) is 2. The highest BCUT2D eigenvalue weighted by Crippen LogP contribution is 2.22. The Morgan fingerprint density at radius 1 is 1.00 bits per heavy atom. The quantitative estimate of drug-likeness (QED) is 0.225. The maximum atomic E-state index is 11.0. The molecule has 2 rings (SSSR count). The third-order valence-corrected chi connectivity index (χ3v) is 3.61. The van der Waals surface area contributed by atoms with E-state index in [0.717, 1.165) is 13.0 Å². The minimum absolute atomic E-state index is 0.0767. The maximum absolute atomic E-state index is 11.0. The average molecular weight is 341 g/mol. The molecule has 0 radical (unpaired) electrons. The van der Waals surface area contributed by atoms with Crippen LogP contribution in [0.4, 0.5) is 11.4 Å². The summed E-state index contributed by atoms with van der Waals surface area (Å²) in [7, 11) is 1.72. The molecule has 0 saturated heterocycles. The Balaban J connectivity index is 1.70. The van der Waals surface area contributed by atoms with Crippen molar-refractivity contribution in [2.45, 2.75) is 6.42 Å². The lowest BCUT2D eigenvalue weighted by molar-refractivity contribution is -0.384. The predicted octanol–water partition coefficient (Wildman–Crippen LogP) is 2.41. The van der Waals surface area contributed by atoms with Gasteiger partial charge in [0.15, 0.2) is 5.96 Å². The van der Waals surface area contributed by atoms with Gasteiger partial charge in [0, 0.05) is 32.7 Å². The van der Waals surface area contributed by atoms with Gasteiger partial charge in [-0.05, 0) is 18.1 Å². The van der Waals surface area contributed by atoms with Crippen LogP contribution in [-0.2, 0) is 6.42 Å². The van der Waals surface area contributed by atoms with Crippen LogP contribution in [0.1, 0.15) is 5.56 Å². The Bertz CT molecular complexity index is 704. The third kappa shape index (κ3) is 6.14. The number of para-hydroxylation sites is 2. The van der Waals surface area contributed by atoms with Gasteiger partial charge in [0.2, 0.25) is 0 Å². The zero-order valence-corrected chi connectivity index (χ0v) is 14.2. The molecule has 0 bridgehead atoms. The molecule has 0 fully saturated rings. The van der Waals surface area contributed by atoms with Crippen LogP contribution in [0.2, 0.25) is 0 Å². The highest BCUT2D eigenvalue weighted by atomic mass is 16.6. The predicted molar refractivity (Wildman–Crippen MR) is 101 cm³/mol. The summed E-state index contributed by atoms with van der Waals surface area (Å²) in [6, 6.07) is 16.8. The van der Waals surface area contributed by atoms with Crippen molar-refractivity contribution < 1.29 is 4.92 Å². The van der Waals surface area contributed by atoms with E-state index in [2.05, 4.69) is 33.1 Å². The normalized spacial score (nSPS) is 11.0. The van der Waals surface area contributed by atoms with E-state index in [-0.39, 0.29) is 10.6 Å². The lowest BCUT2D eigenvalue weighted by Gasteiger charge is -2.13. The molecule has 7 heteroatoms. The summed E-state index contributed by atoms with van der Waals surface area (Å²) in [5.41, 5.74) is 1.86. The monoisotopic (exact) mass is 341 g/mol. The molecule has 0 heterocycles. The molecule has 25 heavy (non-hydrogen) atoms. The van der Waals surface area contributed by atoms with Gasteiger partial charge in [0.1, 0.15) is 5.69 Å². The van der Waals surface area contributed by atoms with Gasteiger partial charge in [-0.15, -0.1) is 0 Å². The van der Waals surface area contributed by atoms with Crippen molar-refractivity contribution in [3.05, 3.63) is 70.3 Å². The molecule has 2 aromatic carbocycles. The molecule has 0 aliphatic rings. The fourth-order valence-corrected chi connectivity index (χ4v) is 2.35. The first-order valence-electron chi connectivity index (χ1n) is 8.16. The van der Waals surface area contributed by atoms with Crippen molar-refractivity contribution in [3.8, 4) is 0 Å². The van der Waals surface area contributed by atoms with Gasteiger partial charge in [0.25, 0.3) is 5.69 Å². The van der Waals surface area contributed by atoms with Crippen LogP contribution in [0.5, 0.6) is 0 Å². The second-order valence-corrected chi connectivity index (χ2v) is 5.36. The minimum Gasteiger partial charge on any atom is -0.378 e. The molecule has 0 unspecified atom stereocenters. The van der Waals surface area contributed by atoms with Crippen molar-refractivity contribution in [3.63, 3.8) is 0 Å². The topological polar surface area (TPSA) is 91.6 Å². The van der Waals surface area contributed by atoms with Crippen molar-refractivity contribution in [1.82, 2.24) is 10.6 Å². The van der Waals surface area contributed by atoms with Gasteiger partial charge in [-0.25, -0.2) is 0 Å². The Labute approximate surface area is 147 Å². The van der Waals surface area contributed by atoms with Crippen LogP contribution >= 0.6 is 0 Å². The Hall–Kier alpha value is -3.09. The largest absolute Gasteiger partial charge is 0.378 e. The molecule has 3 N–H and O–H groups in total. The standard InChI is InChI=1S/C18H23N5O2/c1-19-18(21-12-11-15-7-3-2-4-8-15)22-14-13-20-16-9-5-6-10-17(16)23(24)25/h2-10,20H,11-14H2,1H3,(H2,19,21,22). The lowest BCUT2D eigenvalue weighted by atomic mass is 10.1. The molecule has 0 spiro atoms. The Morgan fingerprint density at radius 2 is 1.68 bits per heavy atom. The number of nitro groups is 1. The first kappa shape index (κ1) is 18.3. The molecule has 2 aromatic rings. The average Bonchev–Trinajstić information content (AvgIpc) is 2.64. The number of nitrogens with one attached hydrogen (secondary N) is 3. The van der Waals surface area contributed by atoms with Crippen LogP contribution in [-0.4, -0.2) is 37.6 Å². The molecular formula is C18H23N5O2. The van der Waals surface area contributed by atoms with Gasteiger partial charge < -0.3 is 16.0 Å². The Morgan fingerprint density at radius 3 is 2.40 bits per heavy atom. The first-order valence-corrected chi connectivity index (χ1v) is 8.16. The number of guanidine groups is 1. The van der Waals surface area contributed by atoms with E-state index in [1.165, 1.54) is 11.6 Å².